The van der Waals surface area contributed by atoms with E-state index < -0.39 is 0 Å². The smallest absolute Gasteiger partial charge is 0.0566 e. The van der Waals surface area contributed by atoms with Gasteiger partial charge in [0.1, 0.15) is 0 Å². The maximum Gasteiger partial charge on any atom is 0.0566 e. The molecule has 0 saturated heterocycles. The van der Waals surface area contributed by atoms with E-state index in [-0.39, 0.29) is 5.41 Å². The van der Waals surface area contributed by atoms with Gasteiger partial charge in [-0.1, -0.05) is 90.9 Å². The van der Waals surface area contributed by atoms with E-state index in [0.717, 1.165) is 98.0 Å². The summed E-state index contributed by atoms with van der Waals surface area (Å²) >= 11 is 0. The quantitative estimate of drug-likeness (QED) is 0.0708. The van der Waals surface area contributed by atoms with E-state index in [1.165, 1.54) is 83.5 Å². The van der Waals surface area contributed by atoms with E-state index in [0.29, 0.717) is 0 Å². The van der Waals surface area contributed by atoms with Crippen LogP contribution in [0.2, 0.25) is 0 Å². The highest BCUT2D eigenvalue weighted by Gasteiger charge is 2.31. The Morgan fingerprint density at radius 1 is 0.390 bits per heavy atom. The van der Waals surface area contributed by atoms with Gasteiger partial charge in [0.25, 0.3) is 0 Å². The number of nitrogens with zero attached hydrogens (tertiary/aromatic N) is 2. The van der Waals surface area contributed by atoms with E-state index in [2.05, 4.69) is 51.8 Å². The Hall–Kier alpha value is -0.240. The van der Waals surface area contributed by atoms with E-state index in [1.54, 1.807) is 0 Å². The Morgan fingerprint density at radius 2 is 0.732 bits per heavy atom. The fourth-order valence-corrected chi connectivity index (χ4v) is 5.13. The topological polar surface area (TPSA) is 43.4 Å². The monoisotopic (exact) mass is 587 g/mol. The number of rotatable bonds is 34. The lowest BCUT2D eigenvalue weighted by Gasteiger charge is -2.33. The highest BCUT2D eigenvalue weighted by Crippen LogP contribution is 2.28. The van der Waals surface area contributed by atoms with Crippen LogP contribution < -0.4 is 0 Å². The molecule has 6 heteroatoms. The van der Waals surface area contributed by atoms with Gasteiger partial charge >= 0.3 is 0 Å². The number of unbranched alkanes of at least 4 members (excludes halogenated alkanes) is 12. The zero-order valence-electron chi connectivity index (χ0n) is 28.8. The molecule has 0 radical (unpaired) electrons. The predicted octanol–water partition coefficient (Wildman–Crippen LogP) is 8.22. The lowest BCUT2D eigenvalue weighted by molar-refractivity contribution is -0.0763. The molecule has 0 rings (SSSR count). The minimum absolute atomic E-state index is 0.0625. The lowest BCUT2D eigenvalue weighted by atomic mass is 9.84. The van der Waals surface area contributed by atoms with Gasteiger partial charge in [-0.25, -0.2) is 0 Å². The maximum absolute atomic E-state index is 6.38. The first-order chi connectivity index (χ1) is 20.0. The summed E-state index contributed by atoms with van der Waals surface area (Å²) < 4.78 is 24.8. The van der Waals surface area contributed by atoms with Crippen molar-refractivity contribution in [3.63, 3.8) is 0 Å². The predicted molar refractivity (Wildman–Crippen MR) is 177 cm³/mol. The number of hydrogen-bond donors (Lipinski definition) is 0. The molecule has 0 atom stereocenters. The molecule has 0 saturated carbocycles. The van der Waals surface area contributed by atoms with E-state index in [1.807, 2.05) is 0 Å². The molecule has 41 heavy (non-hydrogen) atoms. The van der Waals surface area contributed by atoms with E-state index in [4.69, 9.17) is 18.9 Å². The number of hydrogen-bond acceptors (Lipinski definition) is 6. The van der Waals surface area contributed by atoms with Crippen molar-refractivity contribution in [2.45, 2.75) is 129 Å². The van der Waals surface area contributed by atoms with Gasteiger partial charge in [0.15, 0.2) is 0 Å². The second-order valence-corrected chi connectivity index (χ2v) is 12.9. The summed E-state index contributed by atoms with van der Waals surface area (Å²) in [6.45, 7) is 13.1. The van der Waals surface area contributed by atoms with E-state index >= 15 is 0 Å². The van der Waals surface area contributed by atoms with Crippen molar-refractivity contribution in [1.29, 1.82) is 0 Å². The third-order valence-corrected chi connectivity index (χ3v) is 7.79. The van der Waals surface area contributed by atoms with Crippen LogP contribution in [0.5, 0.6) is 0 Å². The lowest BCUT2D eigenvalue weighted by Crippen LogP contribution is -2.38. The summed E-state index contributed by atoms with van der Waals surface area (Å²) in [6.07, 6.45) is 22.4. The van der Waals surface area contributed by atoms with Gasteiger partial charge in [0.2, 0.25) is 0 Å². The highest BCUT2D eigenvalue weighted by molar-refractivity contribution is 4.80. The van der Waals surface area contributed by atoms with Crippen LogP contribution in [0.25, 0.3) is 0 Å². The molecular formula is C35H74N2O4. The molecule has 0 N–H and O–H groups in total. The van der Waals surface area contributed by atoms with Gasteiger partial charge in [-0.3, -0.25) is 0 Å². The minimum Gasteiger partial charge on any atom is -0.381 e. The van der Waals surface area contributed by atoms with Crippen LogP contribution in [0.1, 0.15) is 129 Å². The van der Waals surface area contributed by atoms with Gasteiger partial charge < -0.3 is 28.7 Å². The third-order valence-electron chi connectivity index (χ3n) is 7.79. The largest absolute Gasteiger partial charge is 0.381 e. The van der Waals surface area contributed by atoms with Gasteiger partial charge in [0, 0.05) is 38.4 Å². The summed E-state index contributed by atoms with van der Waals surface area (Å²) in [7, 11) is 8.50. The second-order valence-electron chi connectivity index (χ2n) is 12.9. The summed E-state index contributed by atoms with van der Waals surface area (Å²) in [4.78, 5) is 4.45. The summed E-state index contributed by atoms with van der Waals surface area (Å²) in [5, 5.41) is 0. The van der Waals surface area contributed by atoms with Crippen LogP contribution in [0.3, 0.4) is 0 Å². The summed E-state index contributed by atoms with van der Waals surface area (Å²) in [5.74, 6) is 0. The van der Waals surface area contributed by atoms with Crippen molar-refractivity contribution >= 4 is 0 Å². The average Bonchev–Trinajstić information content (AvgIpc) is 2.94. The molecule has 6 nitrogen and oxygen atoms in total. The first-order valence-corrected chi connectivity index (χ1v) is 17.6. The molecule has 0 aromatic rings. The van der Waals surface area contributed by atoms with Crippen molar-refractivity contribution < 1.29 is 18.9 Å². The van der Waals surface area contributed by atoms with Gasteiger partial charge in [-0.2, -0.15) is 0 Å². The standard InChI is InChI=1S/C35H74N2O4/c1-7-9-11-12-13-14-16-21-29-39-32-35(33-40-30-22-25-36(3)4,34-41-31-23-26-37(5)6)24-18-15-17-20-28-38-27-19-10-8-2/h7-34H2,1-6H3. The molecule has 0 unspecified atom stereocenters. The molecule has 0 aliphatic heterocycles. The second kappa shape index (κ2) is 31.2. The molecule has 248 valence electrons. The third kappa shape index (κ3) is 29.6. The Morgan fingerprint density at radius 3 is 1.20 bits per heavy atom. The molecule has 0 heterocycles. The van der Waals surface area contributed by atoms with Crippen LogP contribution >= 0.6 is 0 Å². The molecule has 0 amide bonds. The van der Waals surface area contributed by atoms with Crippen molar-refractivity contribution in [2.24, 2.45) is 5.41 Å². The molecule has 0 spiro atoms. The average molecular weight is 587 g/mol. The Bertz CT molecular complexity index is 461. The van der Waals surface area contributed by atoms with Crippen molar-refractivity contribution in [3.8, 4) is 0 Å². The molecule has 0 aliphatic rings. The Balaban J connectivity index is 4.75. The molecule has 0 aromatic carbocycles. The van der Waals surface area contributed by atoms with Crippen molar-refractivity contribution in [3.05, 3.63) is 0 Å². The zero-order chi connectivity index (χ0) is 30.3. The Kier molecular flexibility index (Phi) is 31.0. The first kappa shape index (κ1) is 40.8. The molecule has 0 aromatic heterocycles. The van der Waals surface area contributed by atoms with Crippen molar-refractivity contribution in [1.82, 2.24) is 9.80 Å². The summed E-state index contributed by atoms with van der Waals surface area (Å²) in [5.41, 5.74) is -0.0625. The van der Waals surface area contributed by atoms with Crippen LogP contribution in [0.4, 0.5) is 0 Å². The zero-order valence-corrected chi connectivity index (χ0v) is 28.8. The summed E-state index contributed by atoms with van der Waals surface area (Å²) in [6, 6.07) is 0. The van der Waals surface area contributed by atoms with Crippen molar-refractivity contribution in [2.75, 3.05) is 94.1 Å². The minimum atomic E-state index is -0.0625. The van der Waals surface area contributed by atoms with Crippen LogP contribution in [-0.2, 0) is 18.9 Å². The fourth-order valence-electron chi connectivity index (χ4n) is 5.13. The SMILES string of the molecule is CCCCCCCCCCOCC(CCCCCCOCCCCC)(COCCCN(C)C)COCCCN(C)C. The first-order valence-electron chi connectivity index (χ1n) is 17.6. The fraction of sp³-hybridized carbons (Fsp3) is 1.00. The van der Waals surface area contributed by atoms with Crippen LogP contribution in [0, 0.1) is 5.41 Å². The Labute approximate surface area is 257 Å². The molecule has 0 bridgehead atoms. The van der Waals surface area contributed by atoms with Crippen LogP contribution in [0.15, 0.2) is 0 Å². The van der Waals surface area contributed by atoms with Gasteiger partial charge in [-0.15, -0.1) is 0 Å². The van der Waals surface area contributed by atoms with E-state index in [9.17, 15) is 0 Å². The highest BCUT2D eigenvalue weighted by atomic mass is 16.5. The maximum atomic E-state index is 6.38. The molecular weight excluding hydrogens is 512 g/mol. The molecule has 0 aliphatic carbocycles. The normalized spacial score (nSPS) is 12.3. The van der Waals surface area contributed by atoms with Gasteiger partial charge in [0.05, 0.1) is 19.8 Å². The van der Waals surface area contributed by atoms with Crippen LogP contribution in [-0.4, -0.2) is 104 Å². The van der Waals surface area contributed by atoms with Gasteiger partial charge in [-0.05, 0) is 79.8 Å². The molecule has 0 fully saturated rings. The number of ether oxygens (including phenoxy) is 4.